The van der Waals surface area contributed by atoms with Crippen LogP contribution < -0.4 is 9.46 Å². The van der Waals surface area contributed by atoms with E-state index >= 15 is 0 Å². The van der Waals surface area contributed by atoms with Crippen LogP contribution in [0.25, 0.3) is 11.5 Å². The smallest absolute Gasteiger partial charge is 0.261 e. The van der Waals surface area contributed by atoms with E-state index in [1.807, 2.05) is 6.92 Å². The molecule has 0 aliphatic rings. The van der Waals surface area contributed by atoms with Gasteiger partial charge >= 0.3 is 0 Å². The molecular formula is C19H20ClN3O4S. The summed E-state index contributed by atoms with van der Waals surface area (Å²) in [6, 6.07) is 11.4. The number of aromatic nitrogens is 2. The fraction of sp³-hybridized carbons (Fsp3) is 0.263. The first-order valence-electron chi connectivity index (χ1n) is 8.68. The molecular weight excluding hydrogens is 402 g/mol. The molecule has 0 saturated carbocycles. The van der Waals surface area contributed by atoms with Crippen LogP contribution in [0, 0.1) is 0 Å². The topological polar surface area (TPSA) is 94.3 Å². The second-order valence-electron chi connectivity index (χ2n) is 6.08. The quantitative estimate of drug-likeness (QED) is 0.594. The summed E-state index contributed by atoms with van der Waals surface area (Å²) in [7, 11) is -2.26. The molecule has 1 heterocycles. The number of nitrogens with zero attached hydrogens (tertiary/aromatic N) is 2. The number of aryl methyl sites for hydroxylation is 1. The highest BCUT2D eigenvalue weighted by atomic mass is 35.5. The van der Waals surface area contributed by atoms with E-state index < -0.39 is 10.0 Å². The van der Waals surface area contributed by atoms with E-state index in [1.54, 1.807) is 30.3 Å². The third-order valence-corrected chi connectivity index (χ3v) is 5.68. The zero-order valence-corrected chi connectivity index (χ0v) is 17.0. The Morgan fingerprint density at radius 1 is 1.18 bits per heavy atom. The van der Waals surface area contributed by atoms with Gasteiger partial charge in [0.1, 0.15) is 5.75 Å². The van der Waals surface area contributed by atoms with Crippen molar-refractivity contribution in [2.75, 3.05) is 7.11 Å². The summed E-state index contributed by atoms with van der Waals surface area (Å²) in [6.45, 7) is 2.15. The first-order chi connectivity index (χ1) is 13.4. The van der Waals surface area contributed by atoms with Gasteiger partial charge in [-0.2, -0.15) is 4.98 Å². The standard InChI is InChI=1S/C19H20ClN3O4S/c1-3-4-18-22-19(27-23-18)16-11-15(9-10-17(16)26-2)28(24,25)21-12-13-5-7-14(20)8-6-13/h5-11,21H,3-4,12H2,1-2H3. The third-order valence-electron chi connectivity index (χ3n) is 4.03. The van der Waals surface area contributed by atoms with Crippen LogP contribution in [-0.4, -0.2) is 25.7 Å². The van der Waals surface area contributed by atoms with E-state index in [1.165, 1.54) is 19.2 Å². The van der Waals surface area contributed by atoms with Gasteiger partial charge < -0.3 is 9.26 Å². The van der Waals surface area contributed by atoms with Gasteiger partial charge in [0.15, 0.2) is 5.82 Å². The maximum Gasteiger partial charge on any atom is 0.261 e. The SMILES string of the molecule is CCCc1noc(-c2cc(S(=O)(=O)NCc3ccc(Cl)cc3)ccc2OC)n1. The molecule has 7 nitrogen and oxygen atoms in total. The zero-order valence-electron chi connectivity index (χ0n) is 15.5. The number of halogens is 1. The molecule has 1 aromatic heterocycles. The number of hydrogen-bond donors (Lipinski definition) is 1. The van der Waals surface area contributed by atoms with E-state index in [0.29, 0.717) is 28.6 Å². The van der Waals surface area contributed by atoms with Gasteiger partial charge in [-0.3, -0.25) is 0 Å². The second kappa shape index (κ2) is 8.72. The largest absolute Gasteiger partial charge is 0.496 e. The van der Waals surface area contributed by atoms with Gasteiger partial charge in [0.2, 0.25) is 10.0 Å². The number of benzene rings is 2. The Morgan fingerprint density at radius 2 is 1.93 bits per heavy atom. The molecule has 148 valence electrons. The highest BCUT2D eigenvalue weighted by Gasteiger charge is 2.20. The summed E-state index contributed by atoms with van der Waals surface area (Å²) in [4.78, 5) is 4.39. The van der Waals surface area contributed by atoms with Crippen molar-refractivity contribution in [1.29, 1.82) is 0 Å². The Balaban J connectivity index is 1.87. The number of ether oxygens (including phenoxy) is 1. The number of nitrogens with one attached hydrogen (secondary N) is 1. The fourth-order valence-electron chi connectivity index (χ4n) is 2.57. The van der Waals surface area contributed by atoms with Gasteiger partial charge in [0.05, 0.1) is 17.6 Å². The van der Waals surface area contributed by atoms with Crippen LogP contribution in [0.1, 0.15) is 24.7 Å². The summed E-state index contributed by atoms with van der Waals surface area (Å²) in [5, 5.41) is 4.51. The summed E-state index contributed by atoms with van der Waals surface area (Å²) >= 11 is 5.85. The molecule has 28 heavy (non-hydrogen) atoms. The van der Waals surface area contributed by atoms with Gasteiger partial charge in [0.25, 0.3) is 5.89 Å². The Labute approximate surface area is 168 Å². The van der Waals surface area contributed by atoms with Crippen molar-refractivity contribution in [3.05, 3.63) is 58.9 Å². The maximum atomic E-state index is 12.7. The monoisotopic (exact) mass is 421 g/mol. The normalized spacial score (nSPS) is 11.5. The Morgan fingerprint density at radius 3 is 2.61 bits per heavy atom. The molecule has 1 N–H and O–H groups in total. The Kier molecular flexibility index (Phi) is 6.33. The van der Waals surface area contributed by atoms with Crippen molar-refractivity contribution < 1.29 is 17.7 Å². The molecule has 0 saturated heterocycles. The lowest BCUT2D eigenvalue weighted by molar-refractivity contribution is 0.402. The summed E-state index contributed by atoms with van der Waals surface area (Å²) in [6.07, 6.45) is 1.55. The van der Waals surface area contributed by atoms with E-state index in [9.17, 15) is 8.42 Å². The van der Waals surface area contributed by atoms with Gasteiger partial charge in [-0.1, -0.05) is 35.8 Å². The van der Waals surface area contributed by atoms with Crippen molar-refractivity contribution in [2.45, 2.75) is 31.2 Å². The lowest BCUT2D eigenvalue weighted by atomic mass is 10.2. The second-order valence-corrected chi connectivity index (χ2v) is 8.28. The fourth-order valence-corrected chi connectivity index (χ4v) is 3.74. The maximum absolute atomic E-state index is 12.7. The third kappa shape index (κ3) is 4.70. The molecule has 0 spiro atoms. The van der Waals surface area contributed by atoms with Crippen LogP contribution in [0.3, 0.4) is 0 Å². The van der Waals surface area contributed by atoms with Crippen LogP contribution in [0.4, 0.5) is 0 Å². The molecule has 0 unspecified atom stereocenters. The first-order valence-corrected chi connectivity index (χ1v) is 10.5. The predicted molar refractivity (Wildman–Crippen MR) is 106 cm³/mol. The average molecular weight is 422 g/mol. The number of sulfonamides is 1. The zero-order chi connectivity index (χ0) is 20.1. The minimum Gasteiger partial charge on any atom is -0.496 e. The molecule has 3 rings (SSSR count). The van der Waals surface area contributed by atoms with Crippen molar-refractivity contribution in [1.82, 2.24) is 14.9 Å². The Bertz CT molecular complexity index is 1050. The first kappa shape index (κ1) is 20.3. The summed E-state index contributed by atoms with van der Waals surface area (Å²) < 4.78 is 38.6. The Hall–Kier alpha value is -2.42. The molecule has 3 aromatic rings. The van der Waals surface area contributed by atoms with E-state index in [0.717, 1.165) is 12.0 Å². The molecule has 0 aliphatic carbocycles. The van der Waals surface area contributed by atoms with E-state index in [-0.39, 0.29) is 17.3 Å². The highest BCUT2D eigenvalue weighted by molar-refractivity contribution is 7.89. The van der Waals surface area contributed by atoms with Crippen LogP contribution in [-0.2, 0) is 23.0 Å². The van der Waals surface area contributed by atoms with E-state index in [4.69, 9.17) is 20.9 Å². The van der Waals surface area contributed by atoms with Gasteiger partial charge in [-0.05, 0) is 42.3 Å². The molecule has 9 heteroatoms. The molecule has 0 aliphatic heterocycles. The van der Waals surface area contributed by atoms with Gasteiger partial charge in [-0.25, -0.2) is 13.1 Å². The number of rotatable bonds is 8. The van der Waals surface area contributed by atoms with Gasteiger partial charge in [-0.15, -0.1) is 0 Å². The van der Waals surface area contributed by atoms with Crippen LogP contribution in [0.5, 0.6) is 5.75 Å². The van der Waals surface area contributed by atoms with Crippen molar-refractivity contribution in [2.24, 2.45) is 0 Å². The molecule has 0 bridgehead atoms. The molecule has 0 atom stereocenters. The highest BCUT2D eigenvalue weighted by Crippen LogP contribution is 2.31. The predicted octanol–water partition coefficient (Wildman–Crippen LogP) is 3.83. The van der Waals surface area contributed by atoms with Crippen LogP contribution in [0.2, 0.25) is 5.02 Å². The lowest BCUT2D eigenvalue weighted by Crippen LogP contribution is -2.23. The number of methoxy groups -OCH3 is 1. The van der Waals surface area contributed by atoms with Gasteiger partial charge in [0, 0.05) is 18.0 Å². The van der Waals surface area contributed by atoms with Crippen molar-refractivity contribution in [3.8, 4) is 17.2 Å². The van der Waals surface area contributed by atoms with Crippen molar-refractivity contribution in [3.63, 3.8) is 0 Å². The minimum atomic E-state index is -3.76. The lowest BCUT2D eigenvalue weighted by Gasteiger charge is -2.10. The van der Waals surface area contributed by atoms with Crippen LogP contribution >= 0.6 is 11.6 Å². The summed E-state index contributed by atoms with van der Waals surface area (Å²) in [5.41, 5.74) is 1.22. The molecule has 0 amide bonds. The minimum absolute atomic E-state index is 0.0764. The van der Waals surface area contributed by atoms with E-state index in [2.05, 4.69) is 14.9 Å². The number of hydrogen-bond acceptors (Lipinski definition) is 6. The summed E-state index contributed by atoms with van der Waals surface area (Å²) in [5.74, 6) is 1.23. The molecule has 2 aromatic carbocycles. The van der Waals surface area contributed by atoms with Crippen molar-refractivity contribution >= 4 is 21.6 Å². The molecule has 0 radical (unpaired) electrons. The van der Waals surface area contributed by atoms with Crippen LogP contribution in [0.15, 0.2) is 51.9 Å². The molecule has 0 fully saturated rings. The average Bonchev–Trinajstić information content (AvgIpc) is 3.16.